The highest BCUT2D eigenvalue weighted by Crippen LogP contribution is 2.52. The highest BCUT2D eigenvalue weighted by molar-refractivity contribution is 6.17. The zero-order chi connectivity index (χ0) is 58.4. The van der Waals surface area contributed by atoms with E-state index in [1.165, 1.54) is 0 Å². The number of aromatic nitrogens is 7. The molecule has 0 N–H and O–H groups in total. The van der Waals surface area contributed by atoms with Gasteiger partial charge < -0.3 is 18.3 Å². The van der Waals surface area contributed by atoms with Crippen LogP contribution in [0.3, 0.4) is 0 Å². The third kappa shape index (κ3) is 7.64. The molecule has 0 fully saturated rings. The zero-order valence-electron chi connectivity index (χ0n) is 49.2. The number of rotatable bonds is 7. The molecule has 0 atom stereocenters. The highest BCUT2D eigenvalue weighted by atomic mass is 15.1. The summed E-state index contributed by atoms with van der Waals surface area (Å²) in [7, 11) is 0. The molecule has 410 valence electrons. The second kappa shape index (κ2) is 19.1. The fourth-order valence-corrected chi connectivity index (χ4v) is 13.8. The molecule has 0 spiro atoms. The largest absolute Gasteiger partial charge is 0.306 e. The Morgan fingerprint density at radius 2 is 0.488 bits per heavy atom. The van der Waals surface area contributed by atoms with Gasteiger partial charge in [0.25, 0.3) is 0 Å². The minimum atomic E-state index is 0.443. The van der Waals surface area contributed by atoms with E-state index in [2.05, 4.69) is 250 Å². The lowest BCUT2D eigenvalue weighted by molar-refractivity contribution is 1.01. The molecule has 0 bridgehead atoms. The highest BCUT2D eigenvalue weighted by Gasteiger charge is 2.37. The van der Waals surface area contributed by atoms with Crippen molar-refractivity contribution in [1.82, 2.24) is 33.2 Å². The Balaban J connectivity index is 1.28. The summed E-state index contributed by atoms with van der Waals surface area (Å²) in [4.78, 5) is 17.1. The van der Waals surface area contributed by atoms with Gasteiger partial charge in [-0.2, -0.15) is 5.26 Å². The molecule has 0 saturated carbocycles. The van der Waals surface area contributed by atoms with Crippen molar-refractivity contribution in [2.45, 2.75) is 55.4 Å². The Morgan fingerprint density at radius 1 is 0.267 bits per heavy atom. The summed E-state index contributed by atoms with van der Waals surface area (Å²) in [5.41, 5.74) is 22.7. The Kier molecular flexibility index (Phi) is 11.3. The van der Waals surface area contributed by atoms with Gasteiger partial charge in [-0.1, -0.05) is 154 Å². The monoisotopic (exact) mass is 1110 g/mol. The fraction of sp³-hybridized carbons (Fsp3) is 0.103. The molecule has 0 saturated heterocycles. The third-order valence-corrected chi connectivity index (χ3v) is 17.6. The van der Waals surface area contributed by atoms with Gasteiger partial charge in [-0.3, -0.25) is 0 Å². The normalized spacial score (nSPS) is 11.9. The van der Waals surface area contributed by atoms with E-state index < -0.39 is 0 Å². The maximum Gasteiger partial charge on any atom is 0.168 e. The average molecular weight is 1110 g/mol. The molecule has 16 rings (SSSR count). The van der Waals surface area contributed by atoms with Crippen molar-refractivity contribution in [3.05, 3.63) is 256 Å². The Labute approximate surface area is 497 Å². The SMILES string of the molecule is Cc1ccc2c(c1)c1cc(C)ccc1n2-c1c(C#N)c(-n2c3ccc(C)cc3c3cc(C)ccc32)c(-n2c3ccc(C)cc3c3cc(C)ccc32)c(-c2nc(-c3ccccc3)nc(-c3ccccc3)n2)c1-n1c2ccc(C)cc2c2cc(C)ccc21. The molecular formula is C78H58N8. The van der Waals surface area contributed by atoms with Gasteiger partial charge in [0.05, 0.1) is 72.4 Å². The minimum absolute atomic E-state index is 0.443. The van der Waals surface area contributed by atoms with Crippen molar-refractivity contribution in [3.63, 3.8) is 0 Å². The van der Waals surface area contributed by atoms with Crippen LogP contribution in [0, 0.1) is 66.7 Å². The lowest BCUT2D eigenvalue weighted by Crippen LogP contribution is -2.17. The van der Waals surface area contributed by atoms with Gasteiger partial charge in [0.2, 0.25) is 0 Å². The number of nitrogens with zero attached hydrogens (tertiary/aromatic N) is 8. The maximum atomic E-state index is 13.2. The quantitative estimate of drug-likeness (QED) is 0.159. The zero-order valence-corrected chi connectivity index (χ0v) is 49.2. The van der Waals surface area contributed by atoms with Crippen molar-refractivity contribution in [2.75, 3.05) is 0 Å². The second-order valence-electron chi connectivity index (χ2n) is 23.8. The van der Waals surface area contributed by atoms with Crippen molar-refractivity contribution in [2.24, 2.45) is 0 Å². The first kappa shape index (κ1) is 50.8. The summed E-state index contributed by atoms with van der Waals surface area (Å²) >= 11 is 0. The lowest BCUT2D eigenvalue weighted by atomic mass is 9.97. The van der Waals surface area contributed by atoms with E-state index in [0.29, 0.717) is 40.0 Å². The molecule has 0 aliphatic heterocycles. The van der Waals surface area contributed by atoms with Gasteiger partial charge in [-0.25, -0.2) is 15.0 Å². The molecule has 5 aromatic heterocycles. The number of hydrogen-bond donors (Lipinski definition) is 0. The van der Waals surface area contributed by atoms with Crippen LogP contribution >= 0.6 is 0 Å². The molecular weight excluding hydrogens is 1050 g/mol. The van der Waals surface area contributed by atoms with Crippen LogP contribution in [0.15, 0.2) is 206 Å². The average Bonchev–Trinajstić information content (AvgIpc) is 1.43. The number of aryl methyl sites for hydroxylation is 8. The van der Waals surface area contributed by atoms with E-state index in [-0.39, 0.29) is 0 Å². The third-order valence-electron chi connectivity index (χ3n) is 17.6. The van der Waals surface area contributed by atoms with Crippen LogP contribution in [-0.4, -0.2) is 33.2 Å². The van der Waals surface area contributed by atoms with Crippen LogP contribution in [0.5, 0.6) is 0 Å². The van der Waals surface area contributed by atoms with E-state index in [1.54, 1.807) is 0 Å². The van der Waals surface area contributed by atoms with Crippen molar-refractivity contribution in [3.8, 4) is 63.0 Å². The van der Waals surface area contributed by atoms with Gasteiger partial charge in [0.1, 0.15) is 11.6 Å². The molecule has 11 aromatic carbocycles. The minimum Gasteiger partial charge on any atom is -0.306 e. The predicted octanol–water partition coefficient (Wildman–Crippen LogP) is 19.6. The van der Waals surface area contributed by atoms with E-state index in [4.69, 9.17) is 15.0 Å². The molecule has 5 heterocycles. The van der Waals surface area contributed by atoms with Gasteiger partial charge in [0, 0.05) is 54.2 Å². The molecule has 0 radical (unpaired) electrons. The first-order valence-electron chi connectivity index (χ1n) is 29.5. The standard InChI is InChI=1S/C78H58N8/c1-44-19-27-63-54(35-44)55-36-45(2)20-28-64(55)83(63)72-62(43-79)73(84-65-29-21-46(3)37-56(65)57-38-47(4)22-30-66(57)84)75(86-69-33-25-50(7)41-60(69)61-42-51(8)26-34-70(61)86)71(74(72)85-67-31-23-48(5)39-58(67)59-40-49(6)24-32-68(59)85)78-81-76(52-15-11-9-12-16-52)80-77(82-78)53-17-13-10-14-18-53/h9-42H,1-8H3. The van der Waals surface area contributed by atoms with Crippen molar-refractivity contribution >= 4 is 87.2 Å². The summed E-state index contributed by atoms with van der Waals surface area (Å²) < 4.78 is 9.62. The van der Waals surface area contributed by atoms with E-state index in [1.807, 2.05) is 36.4 Å². The maximum absolute atomic E-state index is 13.2. The van der Waals surface area contributed by atoms with Gasteiger partial charge in [-0.15, -0.1) is 0 Å². The topological polar surface area (TPSA) is 82.2 Å². The Morgan fingerprint density at radius 3 is 0.721 bits per heavy atom. The van der Waals surface area contributed by atoms with E-state index >= 15 is 0 Å². The summed E-state index contributed by atoms with van der Waals surface area (Å²) in [6.45, 7) is 17.3. The molecule has 8 heteroatoms. The fourth-order valence-electron chi connectivity index (χ4n) is 13.8. The smallest absolute Gasteiger partial charge is 0.168 e. The molecule has 8 nitrogen and oxygen atoms in total. The van der Waals surface area contributed by atoms with Crippen LogP contribution in [0.1, 0.15) is 50.1 Å². The van der Waals surface area contributed by atoms with Crippen molar-refractivity contribution in [1.29, 1.82) is 5.26 Å². The summed E-state index contributed by atoms with van der Waals surface area (Å²) in [5.74, 6) is 1.48. The molecule has 86 heavy (non-hydrogen) atoms. The van der Waals surface area contributed by atoms with E-state index in [9.17, 15) is 5.26 Å². The van der Waals surface area contributed by atoms with Gasteiger partial charge in [0.15, 0.2) is 17.5 Å². The van der Waals surface area contributed by atoms with Crippen LogP contribution in [0.2, 0.25) is 0 Å². The molecule has 16 aromatic rings. The Bertz CT molecular complexity index is 5050. The molecule has 0 amide bonds. The summed E-state index contributed by atoms with van der Waals surface area (Å²) in [6.07, 6.45) is 0. The Hall–Kier alpha value is -10.9. The number of hydrogen-bond acceptors (Lipinski definition) is 4. The first-order valence-corrected chi connectivity index (χ1v) is 29.5. The first-order chi connectivity index (χ1) is 41.9. The molecule has 0 unspecified atom stereocenters. The van der Waals surface area contributed by atoms with Crippen LogP contribution in [0.4, 0.5) is 0 Å². The molecule has 0 aliphatic rings. The van der Waals surface area contributed by atoms with Gasteiger partial charge in [-0.05, 0) is 152 Å². The lowest BCUT2D eigenvalue weighted by Gasteiger charge is -2.29. The van der Waals surface area contributed by atoms with Crippen LogP contribution in [0.25, 0.3) is 144 Å². The van der Waals surface area contributed by atoms with E-state index in [0.717, 1.165) is 154 Å². The number of benzene rings is 11. The van der Waals surface area contributed by atoms with Gasteiger partial charge >= 0.3 is 0 Å². The van der Waals surface area contributed by atoms with Crippen LogP contribution < -0.4 is 0 Å². The number of nitriles is 1. The van der Waals surface area contributed by atoms with Crippen molar-refractivity contribution < 1.29 is 0 Å². The summed E-state index contributed by atoms with van der Waals surface area (Å²) in [5, 5.41) is 22.0. The second-order valence-corrected chi connectivity index (χ2v) is 23.8. The van der Waals surface area contributed by atoms with Crippen LogP contribution in [-0.2, 0) is 0 Å². The molecule has 0 aliphatic carbocycles. The number of fused-ring (bicyclic) bond motifs is 12. The predicted molar refractivity (Wildman–Crippen MR) is 356 cm³/mol. The summed E-state index contributed by atoms with van der Waals surface area (Å²) in [6, 6.07) is 77.7.